The molecule has 0 heterocycles. The van der Waals surface area contributed by atoms with Crippen LogP contribution >= 0.6 is 7.82 Å². The molecule has 0 aliphatic carbocycles. The van der Waals surface area contributed by atoms with Crippen molar-refractivity contribution in [1.29, 1.82) is 0 Å². The van der Waals surface area contributed by atoms with Crippen LogP contribution in [0.2, 0.25) is 0 Å². The average Bonchev–Trinajstić information content (AvgIpc) is 3.49. The Morgan fingerprint density at radius 3 is 0.988 bits per heavy atom. The van der Waals surface area contributed by atoms with Gasteiger partial charge in [0.2, 0.25) is 0 Å². The topological polar surface area (TPSA) is 134 Å². The molecule has 2 unspecified atom stereocenters. The fourth-order valence-electron chi connectivity index (χ4n) is 9.89. The molecule has 0 rings (SSSR count). The standard InChI is InChI=1S/C73H130NO8P/c1-3-5-7-9-11-13-15-17-19-21-23-25-27-29-31-33-34-35-36-38-40-42-44-46-48-50-52-54-56-58-60-62-64-66-73(76)82-71(70-81-83(77,78)80-68-67-74)69-79-72(75)65-63-61-59-57-55-53-51-49-47-45-43-41-39-37-32-30-28-26-24-22-20-18-16-14-12-10-8-6-4-2/h5,7,11,13,17,19,23,25,29,31,34-35,38,40,44,46,71H,3-4,6,8-10,12,14-16,18,20-22,24,26-28,30,32-33,36-37,39,41-43,45,47-70,74H2,1-2H3,(H,77,78)/b7-5-,13-11-,19-17-,25-23-,31-29-,35-34-,40-38-,46-44-. The molecule has 480 valence electrons. The molecule has 0 aromatic carbocycles. The molecule has 0 aliphatic heterocycles. The highest BCUT2D eigenvalue weighted by atomic mass is 31.2. The van der Waals surface area contributed by atoms with Crippen LogP contribution in [0.25, 0.3) is 0 Å². The van der Waals surface area contributed by atoms with E-state index in [4.69, 9.17) is 24.3 Å². The second kappa shape index (κ2) is 68.0. The van der Waals surface area contributed by atoms with Crippen LogP contribution in [-0.2, 0) is 32.7 Å². The first-order valence-electron chi connectivity index (χ1n) is 34.7. The van der Waals surface area contributed by atoms with Gasteiger partial charge in [0.05, 0.1) is 13.2 Å². The quantitative estimate of drug-likeness (QED) is 0.0264. The number of allylic oxidation sites excluding steroid dienone is 16. The minimum atomic E-state index is -4.40. The molecule has 0 saturated heterocycles. The highest BCUT2D eigenvalue weighted by Crippen LogP contribution is 2.43. The molecule has 0 aromatic rings. The summed E-state index contributed by atoms with van der Waals surface area (Å²) in [4.78, 5) is 35.4. The van der Waals surface area contributed by atoms with Gasteiger partial charge in [0.1, 0.15) is 6.61 Å². The van der Waals surface area contributed by atoms with Crippen LogP contribution in [0.5, 0.6) is 0 Å². The molecule has 0 aliphatic rings. The van der Waals surface area contributed by atoms with E-state index in [1.54, 1.807) is 0 Å². The Labute approximate surface area is 512 Å². The number of nitrogens with two attached hydrogens (primary N) is 1. The Hall–Kier alpha value is -3.07. The summed E-state index contributed by atoms with van der Waals surface area (Å²) in [5.41, 5.74) is 5.40. The molecule has 3 N–H and O–H groups in total. The van der Waals surface area contributed by atoms with Crippen LogP contribution < -0.4 is 5.73 Å². The minimum Gasteiger partial charge on any atom is -0.462 e. The molecule has 9 nitrogen and oxygen atoms in total. The van der Waals surface area contributed by atoms with Gasteiger partial charge in [-0.3, -0.25) is 18.6 Å². The zero-order chi connectivity index (χ0) is 60.1. The molecule has 0 fully saturated rings. The zero-order valence-electron chi connectivity index (χ0n) is 53.9. The zero-order valence-corrected chi connectivity index (χ0v) is 54.8. The van der Waals surface area contributed by atoms with Crippen molar-refractivity contribution in [2.75, 3.05) is 26.4 Å². The average molecular weight is 1180 g/mol. The summed E-state index contributed by atoms with van der Waals surface area (Å²) in [6.07, 6.45) is 92.1. The van der Waals surface area contributed by atoms with Crippen molar-refractivity contribution >= 4 is 19.8 Å². The summed E-state index contributed by atoms with van der Waals surface area (Å²) in [7, 11) is -4.40. The van der Waals surface area contributed by atoms with Crippen LogP contribution in [0.15, 0.2) is 97.2 Å². The van der Waals surface area contributed by atoms with E-state index >= 15 is 0 Å². The molecule has 10 heteroatoms. The lowest BCUT2D eigenvalue weighted by atomic mass is 10.0. The maximum Gasteiger partial charge on any atom is 0.472 e. The SMILES string of the molecule is CC/C=C\C/C=C\C/C=C\C/C=C\C/C=C\C/C=C\C/C=C\C/C=C\CCCCCCCCCCC(=O)OC(COC(=O)CCCCCCCCCCCCCCCCCCCCCCCCCCCCCCC)COP(=O)(O)OCCN. The van der Waals surface area contributed by atoms with Crippen LogP contribution in [0, 0.1) is 0 Å². The largest absolute Gasteiger partial charge is 0.472 e. The van der Waals surface area contributed by atoms with E-state index in [1.165, 1.54) is 193 Å². The third kappa shape index (κ3) is 67.9. The van der Waals surface area contributed by atoms with Crippen molar-refractivity contribution < 1.29 is 37.6 Å². The lowest BCUT2D eigenvalue weighted by Gasteiger charge is -2.19. The summed E-state index contributed by atoms with van der Waals surface area (Å²) in [6.45, 7) is 3.66. The molecule has 0 saturated carbocycles. The number of phosphoric ester groups is 1. The third-order valence-corrected chi connectivity index (χ3v) is 16.0. The van der Waals surface area contributed by atoms with E-state index in [-0.39, 0.29) is 38.6 Å². The van der Waals surface area contributed by atoms with Crippen molar-refractivity contribution in [1.82, 2.24) is 0 Å². The number of rotatable bonds is 65. The molecular formula is C73H130NO8P. The number of carbonyl (C=O) groups is 2. The minimum absolute atomic E-state index is 0.0491. The highest BCUT2D eigenvalue weighted by Gasteiger charge is 2.26. The normalized spacial score (nSPS) is 13.5. The molecular weight excluding hydrogens is 1050 g/mol. The summed E-state index contributed by atoms with van der Waals surface area (Å²) < 4.78 is 33.2. The highest BCUT2D eigenvalue weighted by molar-refractivity contribution is 7.47. The first-order valence-corrected chi connectivity index (χ1v) is 36.2. The Kier molecular flexibility index (Phi) is 65.5. The van der Waals surface area contributed by atoms with Crippen LogP contribution in [0.1, 0.15) is 322 Å². The number of ether oxygens (including phenoxy) is 2. The van der Waals surface area contributed by atoms with Crippen molar-refractivity contribution in [3.63, 3.8) is 0 Å². The molecule has 0 aromatic heterocycles. The lowest BCUT2D eigenvalue weighted by Crippen LogP contribution is -2.29. The van der Waals surface area contributed by atoms with Gasteiger partial charge in [0.25, 0.3) is 0 Å². The van der Waals surface area contributed by atoms with Crippen LogP contribution in [0.4, 0.5) is 0 Å². The molecule has 83 heavy (non-hydrogen) atoms. The number of hydrogen-bond donors (Lipinski definition) is 2. The van der Waals surface area contributed by atoms with E-state index in [9.17, 15) is 19.0 Å². The molecule has 0 radical (unpaired) electrons. The smallest absolute Gasteiger partial charge is 0.462 e. The van der Waals surface area contributed by atoms with Crippen LogP contribution in [-0.4, -0.2) is 49.3 Å². The van der Waals surface area contributed by atoms with E-state index in [0.717, 1.165) is 96.3 Å². The molecule has 0 spiro atoms. The van der Waals surface area contributed by atoms with Gasteiger partial charge in [-0.05, 0) is 77.0 Å². The number of carbonyl (C=O) groups excluding carboxylic acids is 2. The van der Waals surface area contributed by atoms with Gasteiger partial charge in [-0.25, -0.2) is 4.57 Å². The van der Waals surface area contributed by atoms with Crippen molar-refractivity contribution in [2.45, 2.75) is 328 Å². The first-order chi connectivity index (χ1) is 40.8. The van der Waals surface area contributed by atoms with Gasteiger partial charge in [-0.1, -0.05) is 329 Å². The molecule has 2 atom stereocenters. The second-order valence-corrected chi connectivity index (χ2v) is 24.5. The van der Waals surface area contributed by atoms with Gasteiger partial charge in [-0.15, -0.1) is 0 Å². The predicted octanol–water partition coefficient (Wildman–Crippen LogP) is 22.7. The Morgan fingerprint density at radius 1 is 0.373 bits per heavy atom. The van der Waals surface area contributed by atoms with Crippen molar-refractivity contribution in [3.8, 4) is 0 Å². The van der Waals surface area contributed by atoms with Gasteiger partial charge in [-0.2, -0.15) is 0 Å². The maximum absolute atomic E-state index is 12.8. The summed E-state index contributed by atoms with van der Waals surface area (Å²) in [5, 5.41) is 0. The summed E-state index contributed by atoms with van der Waals surface area (Å²) in [5.74, 6) is -0.828. The number of esters is 2. The number of unbranched alkanes of at least 4 members (excludes halogenated alkanes) is 36. The maximum atomic E-state index is 12.8. The molecule has 0 amide bonds. The monoisotopic (exact) mass is 1180 g/mol. The Balaban J connectivity index is 3.92. The van der Waals surface area contributed by atoms with Gasteiger partial charge in [0, 0.05) is 19.4 Å². The molecule has 0 bridgehead atoms. The van der Waals surface area contributed by atoms with Crippen molar-refractivity contribution in [2.24, 2.45) is 5.73 Å². The lowest BCUT2D eigenvalue weighted by molar-refractivity contribution is -0.161. The van der Waals surface area contributed by atoms with Crippen LogP contribution in [0.3, 0.4) is 0 Å². The fourth-order valence-corrected chi connectivity index (χ4v) is 10.7. The number of phosphoric acid groups is 1. The summed E-state index contributed by atoms with van der Waals surface area (Å²) >= 11 is 0. The first kappa shape index (κ1) is 79.9. The van der Waals surface area contributed by atoms with E-state index < -0.39 is 26.5 Å². The summed E-state index contributed by atoms with van der Waals surface area (Å²) in [6, 6.07) is 0. The third-order valence-electron chi connectivity index (χ3n) is 15.0. The van der Waals surface area contributed by atoms with E-state index in [1.807, 2.05) is 0 Å². The predicted molar refractivity (Wildman–Crippen MR) is 358 cm³/mol. The van der Waals surface area contributed by atoms with Gasteiger partial charge < -0.3 is 20.1 Å². The van der Waals surface area contributed by atoms with Crippen molar-refractivity contribution in [3.05, 3.63) is 97.2 Å². The van der Waals surface area contributed by atoms with Gasteiger partial charge in [0.15, 0.2) is 6.10 Å². The Morgan fingerprint density at radius 2 is 0.663 bits per heavy atom. The van der Waals surface area contributed by atoms with E-state index in [2.05, 4.69) is 111 Å². The number of hydrogen-bond acceptors (Lipinski definition) is 8. The fraction of sp³-hybridized carbons (Fsp3) is 0.753. The Bertz CT molecular complexity index is 1680. The second-order valence-electron chi connectivity index (χ2n) is 23.0. The van der Waals surface area contributed by atoms with E-state index in [0.29, 0.717) is 6.42 Å². The van der Waals surface area contributed by atoms with Gasteiger partial charge >= 0.3 is 19.8 Å².